The molecule has 0 bridgehead atoms. The third-order valence-electron chi connectivity index (χ3n) is 7.07. The summed E-state index contributed by atoms with van der Waals surface area (Å²) >= 11 is 0. The van der Waals surface area contributed by atoms with Crippen molar-refractivity contribution >= 4 is 18.1 Å². The van der Waals surface area contributed by atoms with Crippen molar-refractivity contribution in [1.82, 2.24) is 14.6 Å². The molecule has 0 saturated heterocycles. The van der Waals surface area contributed by atoms with Gasteiger partial charge in [-0.25, -0.2) is 13.9 Å². The van der Waals surface area contributed by atoms with Crippen LogP contribution >= 0.6 is 12.4 Å². The predicted octanol–water partition coefficient (Wildman–Crippen LogP) is 6.12. The van der Waals surface area contributed by atoms with Crippen molar-refractivity contribution < 1.29 is 9.50 Å². The number of fused-ring (bicyclic) bond motifs is 1. The summed E-state index contributed by atoms with van der Waals surface area (Å²) in [6.45, 7) is -0.373. The van der Waals surface area contributed by atoms with E-state index in [9.17, 15) is 9.50 Å². The smallest absolute Gasteiger partial charge is 0.154 e. The van der Waals surface area contributed by atoms with Crippen LogP contribution in [0.4, 0.5) is 4.39 Å². The van der Waals surface area contributed by atoms with Gasteiger partial charge in [0, 0.05) is 27.8 Å². The Hall–Kier alpha value is -3.58. The van der Waals surface area contributed by atoms with Gasteiger partial charge >= 0.3 is 0 Å². The van der Waals surface area contributed by atoms with Crippen molar-refractivity contribution in [1.29, 1.82) is 0 Å². The fourth-order valence-corrected chi connectivity index (χ4v) is 4.82. The Labute approximate surface area is 214 Å². The van der Waals surface area contributed by atoms with Gasteiger partial charge in [0.25, 0.3) is 0 Å². The van der Waals surface area contributed by atoms with E-state index in [1.807, 2.05) is 24.3 Å². The zero-order valence-electron chi connectivity index (χ0n) is 19.6. The maximum atomic E-state index is 14.0. The Kier molecular flexibility index (Phi) is 6.35. The number of nitrogens with two attached hydrogens (primary N) is 1. The first-order valence-electron chi connectivity index (χ1n) is 11.8. The minimum atomic E-state index is -0.436. The first-order valence-corrected chi connectivity index (χ1v) is 11.8. The molecule has 1 aliphatic rings. The van der Waals surface area contributed by atoms with Gasteiger partial charge in [-0.1, -0.05) is 54.6 Å². The highest BCUT2D eigenvalue weighted by atomic mass is 35.5. The van der Waals surface area contributed by atoms with Gasteiger partial charge in [0.1, 0.15) is 5.82 Å². The maximum absolute atomic E-state index is 14.0. The predicted molar refractivity (Wildman–Crippen MR) is 142 cm³/mol. The number of aromatic nitrogens is 3. The SMILES string of the molecule is Cl.NC1(c2ccc(-c3nn4c(-c5ccc(F)c(CO)c5)cnc4cc3-c3ccccc3)cc2)CCC1. The fraction of sp³-hybridized carbons (Fsp3) is 0.172. The summed E-state index contributed by atoms with van der Waals surface area (Å²) in [5.74, 6) is -0.436. The van der Waals surface area contributed by atoms with Gasteiger partial charge in [-0.15, -0.1) is 12.4 Å². The molecule has 6 rings (SSSR count). The van der Waals surface area contributed by atoms with Crippen LogP contribution < -0.4 is 5.73 Å². The largest absolute Gasteiger partial charge is 0.392 e. The molecule has 2 aromatic heterocycles. The van der Waals surface area contributed by atoms with E-state index in [2.05, 4.69) is 41.4 Å². The van der Waals surface area contributed by atoms with Gasteiger partial charge in [-0.05, 0) is 54.7 Å². The third kappa shape index (κ3) is 4.07. The van der Waals surface area contributed by atoms with Gasteiger partial charge in [-0.2, -0.15) is 5.10 Å². The van der Waals surface area contributed by atoms with Crippen LogP contribution in [0.3, 0.4) is 0 Å². The second-order valence-electron chi connectivity index (χ2n) is 9.24. The van der Waals surface area contributed by atoms with Crippen LogP contribution in [0.5, 0.6) is 0 Å². The Morgan fingerprint density at radius 2 is 1.64 bits per heavy atom. The minimum Gasteiger partial charge on any atom is -0.392 e. The summed E-state index contributed by atoms with van der Waals surface area (Å²) in [7, 11) is 0. The Balaban J connectivity index is 0.00000267. The molecule has 0 spiro atoms. The second-order valence-corrected chi connectivity index (χ2v) is 9.24. The number of imidazole rings is 1. The van der Waals surface area contributed by atoms with Gasteiger partial charge in [-0.3, -0.25) is 0 Å². The molecule has 3 aromatic carbocycles. The molecule has 0 unspecified atom stereocenters. The first kappa shape index (κ1) is 24.1. The highest BCUT2D eigenvalue weighted by molar-refractivity contribution is 5.85. The number of nitrogens with zero attached hydrogens (tertiary/aromatic N) is 3. The van der Waals surface area contributed by atoms with E-state index in [0.717, 1.165) is 52.0 Å². The van der Waals surface area contributed by atoms with Crippen molar-refractivity contribution in [3.8, 4) is 33.6 Å². The highest BCUT2D eigenvalue weighted by Gasteiger charge is 2.34. The lowest BCUT2D eigenvalue weighted by molar-refractivity contribution is 0.253. The summed E-state index contributed by atoms with van der Waals surface area (Å²) in [5.41, 5.74) is 13.7. The quantitative estimate of drug-likeness (QED) is 0.305. The van der Waals surface area contributed by atoms with Gasteiger partial charge < -0.3 is 10.8 Å². The van der Waals surface area contributed by atoms with Gasteiger partial charge in [0.2, 0.25) is 0 Å². The van der Waals surface area contributed by atoms with Crippen molar-refractivity contribution in [2.45, 2.75) is 31.4 Å². The Bertz CT molecular complexity index is 1530. The van der Waals surface area contributed by atoms with Crippen LogP contribution in [-0.2, 0) is 12.1 Å². The van der Waals surface area contributed by atoms with E-state index >= 15 is 0 Å². The first-order chi connectivity index (χ1) is 17.1. The van der Waals surface area contributed by atoms with Crippen LogP contribution in [0.25, 0.3) is 39.3 Å². The summed E-state index contributed by atoms with van der Waals surface area (Å²) in [5, 5.41) is 14.6. The Morgan fingerprint density at radius 3 is 2.31 bits per heavy atom. The number of aliphatic hydroxyl groups excluding tert-OH is 1. The summed E-state index contributed by atoms with van der Waals surface area (Å²) in [6, 6.07) is 25.2. The molecule has 1 fully saturated rings. The van der Waals surface area contributed by atoms with E-state index in [0.29, 0.717) is 5.65 Å². The van der Waals surface area contributed by atoms with E-state index in [1.54, 1.807) is 22.8 Å². The molecule has 182 valence electrons. The molecule has 0 aliphatic heterocycles. The lowest BCUT2D eigenvalue weighted by atomic mass is 9.72. The number of aliphatic hydroxyl groups is 1. The number of halogens is 2. The van der Waals surface area contributed by atoms with Crippen LogP contribution in [0, 0.1) is 5.82 Å². The lowest BCUT2D eigenvalue weighted by Gasteiger charge is -2.38. The van der Waals surface area contributed by atoms with Gasteiger partial charge in [0.05, 0.1) is 24.2 Å². The fourth-order valence-electron chi connectivity index (χ4n) is 4.82. The number of rotatable bonds is 5. The zero-order chi connectivity index (χ0) is 24.0. The molecule has 0 amide bonds. The number of hydrogen-bond acceptors (Lipinski definition) is 4. The molecule has 3 N–H and O–H groups in total. The van der Waals surface area contributed by atoms with Gasteiger partial charge in [0.15, 0.2) is 5.65 Å². The molecule has 2 heterocycles. The highest BCUT2D eigenvalue weighted by Crippen LogP contribution is 2.40. The lowest BCUT2D eigenvalue weighted by Crippen LogP contribution is -2.43. The summed E-state index contributed by atoms with van der Waals surface area (Å²) in [4.78, 5) is 4.59. The molecular formula is C29H26ClFN4O. The Morgan fingerprint density at radius 1 is 0.917 bits per heavy atom. The van der Waals surface area contributed by atoms with Crippen molar-refractivity contribution in [2.24, 2.45) is 5.73 Å². The molecule has 1 aliphatic carbocycles. The molecule has 7 heteroatoms. The van der Waals surface area contributed by atoms with E-state index in [1.165, 1.54) is 12.5 Å². The molecule has 0 radical (unpaired) electrons. The van der Waals surface area contributed by atoms with E-state index < -0.39 is 5.82 Å². The number of hydrogen-bond donors (Lipinski definition) is 2. The normalized spacial score (nSPS) is 14.3. The second kappa shape index (κ2) is 9.47. The average Bonchev–Trinajstić information content (AvgIpc) is 3.30. The summed E-state index contributed by atoms with van der Waals surface area (Å²) in [6.07, 6.45) is 4.92. The minimum absolute atomic E-state index is 0. The van der Waals surface area contributed by atoms with Crippen LogP contribution in [0.15, 0.2) is 85.1 Å². The maximum Gasteiger partial charge on any atom is 0.154 e. The van der Waals surface area contributed by atoms with Crippen molar-refractivity contribution in [3.05, 3.63) is 102 Å². The molecule has 36 heavy (non-hydrogen) atoms. The molecule has 0 atom stereocenters. The molecule has 1 saturated carbocycles. The monoisotopic (exact) mass is 500 g/mol. The van der Waals surface area contributed by atoms with E-state index in [-0.39, 0.29) is 30.1 Å². The van der Waals surface area contributed by atoms with Crippen molar-refractivity contribution in [2.75, 3.05) is 0 Å². The number of benzene rings is 3. The van der Waals surface area contributed by atoms with E-state index in [4.69, 9.17) is 10.8 Å². The molecule has 5 nitrogen and oxygen atoms in total. The average molecular weight is 501 g/mol. The zero-order valence-corrected chi connectivity index (χ0v) is 20.4. The summed E-state index contributed by atoms with van der Waals surface area (Å²) < 4.78 is 15.8. The standard InChI is InChI=1S/C29H25FN4O.ClH/c30-25-12-9-21(15-22(25)18-35)26-17-32-27-16-24(19-5-2-1-3-6-19)28(33-34(26)27)20-7-10-23(11-8-20)29(31)13-4-14-29;/h1-3,5-12,15-17,35H,4,13-14,18,31H2;1H. The van der Waals surface area contributed by atoms with Crippen LogP contribution in [0.1, 0.15) is 30.4 Å². The third-order valence-corrected chi connectivity index (χ3v) is 7.07. The molecular weight excluding hydrogens is 475 g/mol. The van der Waals surface area contributed by atoms with Crippen molar-refractivity contribution in [3.63, 3.8) is 0 Å². The van der Waals surface area contributed by atoms with Crippen LogP contribution in [-0.4, -0.2) is 19.7 Å². The topological polar surface area (TPSA) is 76.4 Å². The van der Waals surface area contributed by atoms with Crippen LogP contribution in [0.2, 0.25) is 0 Å². The molecule has 5 aromatic rings.